The van der Waals surface area contributed by atoms with Gasteiger partial charge in [-0.05, 0) is 20.8 Å². The van der Waals surface area contributed by atoms with Gasteiger partial charge in [0.05, 0.1) is 36.2 Å². The summed E-state index contributed by atoms with van der Waals surface area (Å²) in [6.45, 7) is 3.40. The van der Waals surface area contributed by atoms with Crippen LogP contribution in [0.4, 0.5) is 0 Å². The average molecular weight is 315 g/mol. The summed E-state index contributed by atoms with van der Waals surface area (Å²) < 4.78 is 0. The quantitative estimate of drug-likeness (QED) is 0.426. The van der Waals surface area contributed by atoms with Gasteiger partial charge in [-0.1, -0.05) is 0 Å². The number of aliphatic carboxylic acids is 3. The fourth-order valence-electron chi connectivity index (χ4n) is 0. The standard InChI is InChI=1S/3C3H6O3.Mg.Na/c3*1-2(4)3(5)6;;/h3*2,4H,1H3,(H,5,6);;/q;;;+2;+1/p-3. The molecule has 108 valence electrons. The molecule has 20 heavy (non-hydrogen) atoms. The normalized spacial score (nSPS) is 12.3. The van der Waals surface area contributed by atoms with Crippen molar-refractivity contribution in [2.75, 3.05) is 0 Å². The monoisotopic (exact) mass is 314 g/mol. The van der Waals surface area contributed by atoms with Gasteiger partial charge in [-0.15, -0.1) is 0 Å². The number of carbonyl (C=O) groups is 3. The van der Waals surface area contributed by atoms with Gasteiger partial charge in [0.15, 0.2) is 0 Å². The van der Waals surface area contributed by atoms with E-state index in [1.54, 1.807) is 0 Å². The van der Waals surface area contributed by atoms with Crippen molar-refractivity contribution in [1.29, 1.82) is 0 Å². The van der Waals surface area contributed by atoms with Gasteiger partial charge in [0, 0.05) is 0 Å². The van der Waals surface area contributed by atoms with Crippen molar-refractivity contribution >= 4 is 41.0 Å². The third-order valence-electron chi connectivity index (χ3n) is 1.02. The second-order valence-electron chi connectivity index (χ2n) is 2.99. The third kappa shape index (κ3) is 36.1. The van der Waals surface area contributed by atoms with Gasteiger partial charge in [-0.25, -0.2) is 0 Å². The summed E-state index contributed by atoms with van der Waals surface area (Å²) in [4.78, 5) is 28.0. The van der Waals surface area contributed by atoms with Crippen LogP contribution in [0.25, 0.3) is 0 Å². The topological polar surface area (TPSA) is 181 Å². The van der Waals surface area contributed by atoms with Gasteiger partial charge < -0.3 is 45.0 Å². The molecule has 0 aromatic heterocycles. The summed E-state index contributed by atoms with van der Waals surface area (Å²) in [5, 5.41) is 51.9. The molecule has 0 spiro atoms. The molecule has 0 saturated heterocycles. The van der Waals surface area contributed by atoms with Crippen LogP contribution in [0.5, 0.6) is 0 Å². The minimum atomic E-state index is -1.44. The number of rotatable bonds is 3. The summed E-state index contributed by atoms with van der Waals surface area (Å²) >= 11 is 0. The number of hydrogen-bond donors (Lipinski definition) is 3. The van der Waals surface area contributed by atoms with E-state index >= 15 is 0 Å². The van der Waals surface area contributed by atoms with Crippen LogP contribution in [0.15, 0.2) is 0 Å². The maximum absolute atomic E-state index is 9.34. The van der Waals surface area contributed by atoms with Crippen LogP contribution in [0.2, 0.25) is 0 Å². The van der Waals surface area contributed by atoms with E-state index in [9.17, 15) is 29.7 Å². The van der Waals surface area contributed by atoms with Gasteiger partial charge in [0.25, 0.3) is 0 Å². The van der Waals surface area contributed by atoms with E-state index < -0.39 is 36.2 Å². The number of carbonyl (C=O) groups excluding carboxylic acids is 3. The molecule has 0 aliphatic carbocycles. The van der Waals surface area contributed by atoms with Crippen molar-refractivity contribution in [2.45, 2.75) is 39.1 Å². The Morgan fingerprint density at radius 1 is 0.700 bits per heavy atom. The number of aliphatic hydroxyl groups is 3. The minimum absolute atomic E-state index is 0. The molecule has 0 bridgehead atoms. The first-order chi connectivity index (χ1) is 7.93. The molecule has 0 amide bonds. The van der Waals surface area contributed by atoms with Gasteiger partial charge in [0.2, 0.25) is 0 Å². The van der Waals surface area contributed by atoms with Crippen molar-refractivity contribution in [1.82, 2.24) is 0 Å². The molecule has 0 radical (unpaired) electrons. The van der Waals surface area contributed by atoms with Crippen LogP contribution < -0.4 is 44.9 Å². The van der Waals surface area contributed by atoms with Crippen LogP contribution >= 0.6 is 0 Å². The van der Waals surface area contributed by atoms with Crippen LogP contribution in [0.1, 0.15) is 20.8 Å². The van der Waals surface area contributed by atoms with Gasteiger partial charge in [-0.2, -0.15) is 0 Å². The Labute approximate surface area is 154 Å². The maximum Gasteiger partial charge on any atom is 2.00 e. The zero-order valence-electron chi connectivity index (χ0n) is 11.7. The molecule has 0 aromatic rings. The molecule has 0 rings (SSSR count). The summed E-state index contributed by atoms with van der Waals surface area (Å²) in [7, 11) is 0. The molecule has 3 N–H and O–H groups in total. The Morgan fingerprint density at radius 2 is 0.750 bits per heavy atom. The van der Waals surface area contributed by atoms with Crippen LogP contribution in [-0.4, -0.2) is 74.6 Å². The van der Waals surface area contributed by atoms with E-state index in [4.69, 9.17) is 15.3 Å². The maximum atomic E-state index is 9.34. The van der Waals surface area contributed by atoms with E-state index in [-0.39, 0.29) is 52.6 Å². The van der Waals surface area contributed by atoms with E-state index in [2.05, 4.69) is 0 Å². The second-order valence-corrected chi connectivity index (χ2v) is 2.99. The molecule has 3 atom stereocenters. The SMILES string of the molecule is CC(O)C(=O)[O-].CC(O)C(=O)[O-].CC(O)C(=O)[O-].[Mg+2].[Na+]. The molecule has 0 aliphatic rings. The molecule has 0 fully saturated rings. The first kappa shape index (κ1) is 32.1. The summed E-state index contributed by atoms with van der Waals surface area (Å²) in [5.41, 5.74) is 0. The molecule has 11 heteroatoms. The summed E-state index contributed by atoms with van der Waals surface area (Å²) in [5.74, 6) is -4.31. The Kier molecular flexibility index (Phi) is 30.6. The second kappa shape index (κ2) is 19.1. The van der Waals surface area contributed by atoms with Gasteiger partial charge >= 0.3 is 52.6 Å². The molecule has 0 saturated carbocycles. The van der Waals surface area contributed by atoms with Crippen molar-refractivity contribution in [3.8, 4) is 0 Å². The van der Waals surface area contributed by atoms with Crippen molar-refractivity contribution in [3.05, 3.63) is 0 Å². The molecule has 9 nitrogen and oxygen atoms in total. The first-order valence-electron chi connectivity index (χ1n) is 4.60. The Bertz CT molecular complexity index is 225. The summed E-state index contributed by atoms with van der Waals surface area (Å²) in [6.07, 6.45) is -4.03. The van der Waals surface area contributed by atoms with E-state index in [1.807, 2.05) is 0 Å². The summed E-state index contributed by atoms with van der Waals surface area (Å²) in [6, 6.07) is 0. The predicted octanol–water partition coefficient (Wildman–Crippen LogP) is -9.03. The molecule has 3 unspecified atom stereocenters. The van der Waals surface area contributed by atoms with Crippen molar-refractivity contribution in [3.63, 3.8) is 0 Å². The largest absolute Gasteiger partial charge is 2.00 e. The zero-order chi connectivity index (χ0) is 15.5. The molecular formula is C9H15MgNaO9. The Morgan fingerprint density at radius 3 is 0.750 bits per heavy atom. The molecule has 0 heterocycles. The van der Waals surface area contributed by atoms with Crippen molar-refractivity contribution in [2.24, 2.45) is 0 Å². The first-order valence-corrected chi connectivity index (χ1v) is 4.60. The smallest absolute Gasteiger partial charge is 0.547 e. The number of carboxylic acid groups (broad SMARTS) is 3. The zero-order valence-corrected chi connectivity index (χ0v) is 15.1. The van der Waals surface area contributed by atoms with Crippen molar-refractivity contribution < 1.29 is 74.6 Å². The van der Waals surface area contributed by atoms with Crippen LogP contribution in [0, 0.1) is 0 Å². The number of aliphatic hydroxyl groups excluding tert-OH is 3. The van der Waals surface area contributed by atoms with E-state index in [0.717, 1.165) is 20.8 Å². The molecular weight excluding hydrogens is 299 g/mol. The third-order valence-corrected chi connectivity index (χ3v) is 1.02. The number of hydrogen-bond acceptors (Lipinski definition) is 9. The fourth-order valence-corrected chi connectivity index (χ4v) is 0. The molecule has 0 aromatic carbocycles. The van der Waals surface area contributed by atoms with E-state index in [0.29, 0.717) is 0 Å². The van der Waals surface area contributed by atoms with Crippen LogP contribution in [-0.2, 0) is 14.4 Å². The van der Waals surface area contributed by atoms with Gasteiger partial charge in [0.1, 0.15) is 0 Å². The predicted molar refractivity (Wildman–Crippen MR) is 55.8 cm³/mol. The minimum Gasteiger partial charge on any atom is -0.547 e. The Balaban J connectivity index is -0.0000000536. The fraction of sp³-hybridized carbons (Fsp3) is 0.667. The Hall–Kier alpha value is 0.0562. The average Bonchev–Trinajstić information content (AvgIpc) is 2.18. The van der Waals surface area contributed by atoms with Gasteiger partial charge in [-0.3, -0.25) is 0 Å². The molecule has 0 aliphatic heterocycles. The number of carboxylic acids is 3. The van der Waals surface area contributed by atoms with Crippen LogP contribution in [0.3, 0.4) is 0 Å². The van der Waals surface area contributed by atoms with E-state index in [1.165, 1.54) is 0 Å².